The number of aromatic nitrogens is 3. The molecule has 6 rings (SSSR count). The van der Waals surface area contributed by atoms with Gasteiger partial charge in [-0.3, -0.25) is 9.59 Å². The van der Waals surface area contributed by atoms with E-state index in [9.17, 15) is 9.59 Å². The molecule has 1 unspecified atom stereocenters. The summed E-state index contributed by atoms with van der Waals surface area (Å²) in [5.41, 5.74) is 0.576. The number of fused-ring (bicyclic) bond motifs is 1. The van der Waals surface area contributed by atoms with Crippen LogP contribution in [0.2, 0.25) is 0 Å². The van der Waals surface area contributed by atoms with E-state index in [2.05, 4.69) is 20.3 Å². The molecule has 0 saturated carbocycles. The Hall–Kier alpha value is -5.25. The molecule has 1 amide bonds. The number of ketones is 1. The summed E-state index contributed by atoms with van der Waals surface area (Å²) in [5, 5.41) is 3.75. The third-order valence-corrected chi connectivity index (χ3v) is 7.19. The molecule has 5 aromatic rings. The van der Waals surface area contributed by atoms with Crippen molar-refractivity contribution in [2.45, 2.75) is 18.9 Å². The average molecular weight is 566 g/mol. The third-order valence-electron chi connectivity index (χ3n) is 7.19. The highest BCUT2D eigenvalue weighted by Crippen LogP contribution is 2.29. The van der Waals surface area contributed by atoms with Gasteiger partial charge < -0.3 is 24.7 Å². The van der Waals surface area contributed by atoms with Crippen molar-refractivity contribution in [1.82, 2.24) is 19.9 Å². The van der Waals surface area contributed by atoms with Gasteiger partial charge in [0, 0.05) is 31.4 Å². The van der Waals surface area contributed by atoms with Crippen molar-refractivity contribution in [1.29, 1.82) is 0 Å². The minimum Gasteiger partial charge on any atom is -0.484 e. The molecule has 3 heterocycles. The van der Waals surface area contributed by atoms with E-state index >= 15 is 4.39 Å². The Balaban J connectivity index is 1.16. The van der Waals surface area contributed by atoms with Gasteiger partial charge >= 0.3 is 0 Å². The lowest BCUT2D eigenvalue weighted by Gasteiger charge is -2.25. The van der Waals surface area contributed by atoms with Crippen LogP contribution < -0.4 is 14.8 Å². The number of benzene rings is 3. The molecule has 1 fully saturated rings. The molecule has 1 atom stereocenters. The van der Waals surface area contributed by atoms with Gasteiger partial charge in [-0.15, -0.1) is 0 Å². The molecule has 9 nitrogen and oxygen atoms in total. The van der Waals surface area contributed by atoms with Crippen LogP contribution in [0.25, 0.3) is 11.0 Å². The van der Waals surface area contributed by atoms with Gasteiger partial charge in [0.2, 0.25) is 0 Å². The molecule has 0 radical (unpaired) electrons. The molecule has 2 aromatic heterocycles. The van der Waals surface area contributed by atoms with Crippen molar-refractivity contribution in [3.05, 3.63) is 108 Å². The quantitative estimate of drug-likeness (QED) is 0.212. The van der Waals surface area contributed by atoms with Crippen molar-refractivity contribution in [2.24, 2.45) is 0 Å². The summed E-state index contributed by atoms with van der Waals surface area (Å²) in [4.78, 5) is 39.8. The first kappa shape index (κ1) is 26.9. The van der Waals surface area contributed by atoms with Crippen molar-refractivity contribution in [3.63, 3.8) is 0 Å². The smallest absolute Gasteiger partial charge is 0.260 e. The summed E-state index contributed by atoms with van der Waals surface area (Å²) in [6.07, 6.45) is 4.59. The predicted octanol–water partition coefficient (Wildman–Crippen LogP) is 5.60. The van der Waals surface area contributed by atoms with Crippen LogP contribution >= 0.6 is 0 Å². The van der Waals surface area contributed by atoms with Crippen molar-refractivity contribution < 1.29 is 23.5 Å². The Morgan fingerprint density at radius 1 is 0.952 bits per heavy atom. The fourth-order valence-corrected chi connectivity index (χ4v) is 5.12. The van der Waals surface area contributed by atoms with Gasteiger partial charge in [-0.25, -0.2) is 14.4 Å². The number of hydrogen-bond donors (Lipinski definition) is 2. The molecule has 1 aliphatic rings. The molecular weight excluding hydrogens is 537 g/mol. The highest BCUT2D eigenvalue weighted by Gasteiger charge is 2.29. The number of nitrogens with zero attached hydrogens (tertiary/aromatic N) is 3. The van der Waals surface area contributed by atoms with Gasteiger partial charge in [-0.2, -0.15) is 0 Å². The number of nitrogens with one attached hydrogen (secondary N) is 2. The topological polar surface area (TPSA) is 109 Å². The second-order valence-electron chi connectivity index (χ2n) is 9.90. The molecule has 3 aromatic carbocycles. The van der Waals surface area contributed by atoms with Crippen molar-refractivity contribution >= 4 is 28.5 Å². The molecule has 1 saturated heterocycles. The number of anilines is 1. The van der Waals surface area contributed by atoms with E-state index in [0.717, 1.165) is 12.8 Å². The van der Waals surface area contributed by atoms with Crippen LogP contribution in [-0.2, 0) is 4.79 Å². The fraction of sp³-hybridized carbons (Fsp3) is 0.188. The van der Waals surface area contributed by atoms with Gasteiger partial charge in [-0.05, 0) is 49.2 Å². The van der Waals surface area contributed by atoms with Crippen LogP contribution in [0.1, 0.15) is 28.8 Å². The lowest BCUT2D eigenvalue weighted by atomic mass is 10.0. The van der Waals surface area contributed by atoms with E-state index < -0.39 is 11.6 Å². The summed E-state index contributed by atoms with van der Waals surface area (Å²) in [7, 11) is 0. The maximum Gasteiger partial charge on any atom is 0.260 e. The highest BCUT2D eigenvalue weighted by atomic mass is 19.1. The lowest BCUT2D eigenvalue weighted by molar-refractivity contribution is -0.133. The zero-order chi connectivity index (χ0) is 28.9. The van der Waals surface area contributed by atoms with E-state index in [4.69, 9.17) is 9.47 Å². The second kappa shape index (κ2) is 12.1. The molecule has 0 spiro atoms. The number of carbonyl (C=O) groups excluding carboxylic acids is 2. The molecule has 212 valence electrons. The van der Waals surface area contributed by atoms with E-state index in [1.54, 1.807) is 18.2 Å². The van der Waals surface area contributed by atoms with Gasteiger partial charge in [0.15, 0.2) is 12.4 Å². The van der Waals surface area contributed by atoms with E-state index in [1.165, 1.54) is 24.7 Å². The van der Waals surface area contributed by atoms with Crippen molar-refractivity contribution in [3.8, 4) is 17.2 Å². The molecule has 42 heavy (non-hydrogen) atoms. The molecule has 2 N–H and O–H groups in total. The first-order valence-electron chi connectivity index (χ1n) is 13.7. The Bertz CT molecular complexity index is 1710. The first-order chi connectivity index (χ1) is 20.6. The SMILES string of the molecule is O=C(c1ccc(Oc2ccccc2)cc1F)c1c[nH]c2ncnc(NCC3CCCN3C(=O)COc3ccccc3)c12. The normalized spacial score (nSPS) is 14.6. The molecule has 10 heteroatoms. The number of rotatable bonds is 10. The second-order valence-corrected chi connectivity index (χ2v) is 9.90. The fourth-order valence-electron chi connectivity index (χ4n) is 5.12. The van der Waals surface area contributed by atoms with Gasteiger partial charge in [0.25, 0.3) is 5.91 Å². The maximum atomic E-state index is 15.1. The van der Waals surface area contributed by atoms with E-state index in [1.807, 2.05) is 53.4 Å². The largest absolute Gasteiger partial charge is 0.484 e. The zero-order valence-electron chi connectivity index (χ0n) is 22.6. The molecular formula is C32H28FN5O4. The molecule has 0 aliphatic carbocycles. The third kappa shape index (κ3) is 5.78. The average Bonchev–Trinajstić information content (AvgIpc) is 3.68. The van der Waals surface area contributed by atoms with Crippen LogP contribution in [0.15, 0.2) is 91.4 Å². The number of amides is 1. The summed E-state index contributed by atoms with van der Waals surface area (Å²) < 4.78 is 26.5. The highest BCUT2D eigenvalue weighted by molar-refractivity contribution is 6.18. The number of H-pyrrole nitrogens is 1. The Morgan fingerprint density at radius 3 is 2.48 bits per heavy atom. The first-order valence-corrected chi connectivity index (χ1v) is 13.7. The van der Waals surface area contributed by atoms with Crippen LogP contribution in [0, 0.1) is 5.82 Å². The van der Waals surface area contributed by atoms with Gasteiger partial charge in [-0.1, -0.05) is 36.4 Å². The number of hydrogen-bond acceptors (Lipinski definition) is 7. The summed E-state index contributed by atoms with van der Waals surface area (Å²) in [5.74, 6) is 0.599. The number of halogens is 1. The molecule has 0 bridgehead atoms. The standard InChI is InChI=1S/C32H28FN5O4/c33-27-16-24(42-23-11-5-2-6-12-23)13-14-25(27)30(40)26-18-35-32-29(26)31(36-20-37-32)34-17-21-8-7-15-38(21)28(39)19-41-22-9-3-1-4-10-22/h1-6,9-14,16,18,20-21H,7-8,15,17,19H2,(H2,34,35,36,37). The van der Waals surface area contributed by atoms with Crippen LogP contribution in [0.5, 0.6) is 17.2 Å². The van der Waals surface area contributed by atoms with E-state index in [-0.39, 0.29) is 35.4 Å². The Morgan fingerprint density at radius 2 is 1.71 bits per heavy atom. The number of likely N-dealkylation sites (tertiary alicyclic amines) is 1. The number of ether oxygens (including phenoxy) is 2. The number of para-hydroxylation sites is 2. The van der Waals surface area contributed by atoms with Gasteiger partial charge in [0.05, 0.1) is 16.5 Å². The minimum absolute atomic E-state index is 0.0462. The number of aromatic amines is 1. The zero-order valence-corrected chi connectivity index (χ0v) is 22.6. The summed E-state index contributed by atoms with van der Waals surface area (Å²) in [6, 6.07) is 22.3. The maximum absolute atomic E-state index is 15.1. The minimum atomic E-state index is -0.702. The lowest BCUT2D eigenvalue weighted by Crippen LogP contribution is -2.42. The van der Waals surface area contributed by atoms with Crippen molar-refractivity contribution in [2.75, 3.05) is 25.0 Å². The van der Waals surface area contributed by atoms with Crippen LogP contribution in [0.3, 0.4) is 0 Å². The summed E-state index contributed by atoms with van der Waals surface area (Å²) >= 11 is 0. The van der Waals surface area contributed by atoms with Crippen LogP contribution in [0.4, 0.5) is 10.2 Å². The van der Waals surface area contributed by atoms with Gasteiger partial charge in [0.1, 0.15) is 40.9 Å². The number of carbonyl (C=O) groups is 2. The Labute approximate surface area is 241 Å². The predicted molar refractivity (Wildman–Crippen MR) is 155 cm³/mol. The summed E-state index contributed by atoms with van der Waals surface area (Å²) in [6.45, 7) is 1.01. The van der Waals surface area contributed by atoms with Crippen LogP contribution in [-0.4, -0.2) is 57.3 Å². The van der Waals surface area contributed by atoms with E-state index in [0.29, 0.717) is 41.4 Å². The Kier molecular flexibility index (Phi) is 7.76. The molecule has 1 aliphatic heterocycles. The monoisotopic (exact) mass is 565 g/mol.